The maximum atomic E-state index is 5.86. The highest BCUT2D eigenvalue weighted by Crippen LogP contribution is 2.15. The van der Waals surface area contributed by atoms with Crippen molar-refractivity contribution in [3.8, 4) is 0 Å². The van der Waals surface area contributed by atoms with Crippen LogP contribution in [-0.2, 0) is 12.8 Å². The van der Waals surface area contributed by atoms with Crippen molar-refractivity contribution in [2.45, 2.75) is 19.8 Å². The van der Waals surface area contributed by atoms with Gasteiger partial charge in [-0.3, -0.25) is 4.98 Å². The largest absolute Gasteiger partial charge is 0.397 e. The molecule has 0 aliphatic rings. The van der Waals surface area contributed by atoms with Gasteiger partial charge in [0.1, 0.15) is 0 Å². The van der Waals surface area contributed by atoms with Crippen LogP contribution >= 0.6 is 0 Å². The second-order valence-electron chi connectivity index (χ2n) is 3.92. The fourth-order valence-electron chi connectivity index (χ4n) is 1.71. The molecule has 2 aromatic rings. The number of nitrogens with zero attached hydrogens (tertiary/aromatic N) is 1. The molecule has 0 unspecified atom stereocenters. The van der Waals surface area contributed by atoms with Crippen molar-refractivity contribution in [2.75, 3.05) is 5.73 Å². The van der Waals surface area contributed by atoms with Gasteiger partial charge in [-0.15, -0.1) is 0 Å². The van der Waals surface area contributed by atoms with Gasteiger partial charge in [-0.1, -0.05) is 31.2 Å². The van der Waals surface area contributed by atoms with E-state index in [4.69, 9.17) is 5.73 Å². The van der Waals surface area contributed by atoms with Crippen LogP contribution < -0.4 is 5.73 Å². The molecule has 0 fully saturated rings. The van der Waals surface area contributed by atoms with Crippen LogP contribution in [0.15, 0.2) is 42.7 Å². The number of anilines is 1. The number of aryl methyl sites for hydroxylation is 1. The van der Waals surface area contributed by atoms with E-state index in [9.17, 15) is 0 Å². The molecule has 82 valence electrons. The van der Waals surface area contributed by atoms with Crippen molar-refractivity contribution in [1.82, 2.24) is 4.98 Å². The van der Waals surface area contributed by atoms with E-state index >= 15 is 0 Å². The summed E-state index contributed by atoms with van der Waals surface area (Å²) in [6.45, 7) is 2.16. The molecular formula is C14H16N2. The number of nitrogen functional groups attached to an aromatic ring is 1. The van der Waals surface area contributed by atoms with Crippen molar-refractivity contribution in [2.24, 2.45) is 0 Å². The fourth-order valence-corrected chi connectivity index (χ4v) is 1.71. The van der Waals surface area contributed by atoms with Gasteiger partial charge in [0.15, 0.2) is 0 Å². The van der Waals surface area contributed by atoms with Gasteiger partial charge in [-0.25, -0.2) is 0 Å². The van der Waals surface area contributed by atoms with E-state index in [1.807, 2.05) is 6.07 Å². The fraction of sp³-hybridized carbons (Fsp3) is 0.214. The summed E-state index contributed by atoms with van der Waals surface area (Å²) in [4.78, 5) is 3.99. The molecule has 0 radical (unpaired) electrons. The van der Waals surface area contributed by atoms with Gasteiger partial charge in [0.25, 0.3) is 0 Å². The SMILES string of the molecule is CCc1ccc(Cc2ccncc2N)cc1. The van der Waals surface area contributed by atoms with Gasteiger partial charge in [-0.05, 0) is 35.6 Å². The van der Waals surface area contributed by atoms with E-state index in [0.717, 1.165) is 24.1 Å². The summed E-state index contributed by atoms with van der Waals surface area (Å²) in [6, 6.07) is 10.7. The lowest BCUT2D eigenvalue weighted by molar-refractivity contribution is 1.12. The molecule has 1 aromatic carbocycles. The van der Waals surface area contributed by atoms with Gasteiger partial charge in [0.2, 0.25) is 0 Å². The lowest BCUT2D eigenvalue weighted by atomic mass is 10.0. The van der Waals surface area contributed by atoms with Gasteiger partial charge < -0.3 is 5.73 Å². The molecular weight excluding hydrogens is 196 g/mol. The molecule has 16 heavy (non-hydrogen) atoms. The zero-order valence-corrected chi connectivity index (χ0v) is 9.48. The minimum Gasteiger partial charge on any atom is -0.397 e. The summed E-state index contributed by atoms with van der Waals surface area (Å²) < 4.78 is 0. The summed E-state index contributed by atoms with van der Waals surface area (Å²) in [6.07, 6.45) is 5.44. The van der Waals surface area contributed by atoms with Crippen molar-refractivity contribution >= 4 is 5.69 Å². The van der Waals surface area contributed by atoms with E-state index in [0.29, 0.717) is 0 Å². The van der Waals surface area contributed by atoms with E-state index < -0.39 is 0 Å². The minimum absolute atomic E-state index is 0.766. The van der Waals surface area contributed by atoms with Crippen LogP contribution in [0.5, 0.6) is 0 Å². The third-order valence-electron chi connectivity index (χ3n) is 2.77. The van der Waals surface area contributed by atoms with E-state index in [1.165, 1.54) is 11.1 Å². The lowest BCUT2D eigenvalue weighted by Crippen LogP contribution is -1.96. The number of pyridine rings is 1. The first-order valence-electron chi connectivity index (χ1n) is 5.55. The maximum Gasteiger partial charge on any atom is 0.0536 e. The van der Waals surface area contributed by atoms with Gasteiger partial charge in [0, 0.05) is 6.20 Å². The first kappa shape index (κ1) is 10.7. The smallest absolute Gasteiger partial charge is 0.0536 e. The number of hydrogen-bond donors (Lipinski definition) is 1. The normalized spacial score (nSPS) is 10.3. The van der Waals surface area contributed by atoms with Crippen LogP contribution in [0, 0.1) is 0 Å². The number of hydrogen-bond acceptors (Lipinski definition) is 2. The molecule has 0 saturated heterocycles. The monoisotopic (exact) mass is 212 g/mol. The minimum atomic E-state index is 0.766. The molecule has 0 aliphatic carbocycles. The van der Waals surface area contributed by atoms with Gasteiger partial charge in [0.05, 0.1) is 11.9 Å². The van der Waals surface area contributed by atoms with Crippen LogP contribution in [-0.4, -0.2) is 4.98 Å². The second kappa shape index (κ2) is 4.79. The molecule has 2 heteroatoms. The maximum absolute atomic E-state index is 5.86. The Morgan fingerprint density at radius 2 is 1.75 bits per heavy atom. The molecule has 0 aliphatic heterocycles. The van der Waals surface area contributed by atoms with Crippen LogP contribution in [0.3, 0.4) is 0 Å². The predicted octanol–water partition coefficient (Wildman–Crippen LogP) is 2.82. The van der Waals surface area contributed by atoms with Crippen LogP contribution in [0.1, 0.15) is 23.6 Å². The Kier molecular flexibility index (Phi) is 3.20. The van der Waals surface area contributed by atoms with Crippen LogP contribution in [0.2, 0.25) is 0 Å². The van der Waals surface area contributed by atoms with E-state index in [2.05, 4.69) is 36.2 Å². The average Bonchev–Trinajstić information content (AvgIpc) is 2.33. The Morgan fingerprint density at radius 3 is 2.38 bits per heavy atom. The lowest BCUT2D eigenvalue weighted by Gasteiger charge is -2.05. The number of rotatable bonds is 3. The molecule has 0 bridgehead atoms. The van der Waals surface area contributed by atoms with Crippen molar-refractivity contribution in [1.29, 1.82) is 0 Å². The molecule has 1 heterocycles. The molecule has 2 nitrogen and oxygen atoms in total. The average molecular weight is 212 g/mol. The Labute approximate surface area is 96.1 Å². The molecule has 2 N–H and O–H groups in total. The van der Waals surface area contributed by atoms with Crippen molar-refractivity contribution in [3.05, 3.63) is 59.4 Å². The van der Waals surface area contributed by atoms with E-state index in [-0.39, 0.29) is 0 Å². The predicted molar refractivity (Wildman–Crippen MR) is 67.3 cm³/mol. The summed E-state index contributed by atoms with van der Waals surface area (Å²) in [5, 5.41) is 0. The zero-order chi connectivity index (χ0) is 11.4. The first-order chi connectivity index (χ1) is 7.79. The van der Waals surface area contributed by atoms with Gasteiger partial charge >= 0.3 is 0 Å². The quantitative estimate of drug-likeness (QED) is 0.849. The highest BCUT2D eigenvalue weighted by atomic mass is 14.7. The Balaban J connectivity index is 2.18. The molecule has 0 amide bonds. The molecule has 1 aromatic heterocycles. The van der Waals surface area contributed by atoms with Crippen LogP contribution in [0.25, 0.3) is 0 Å². The third kappa shape index (κ3) is 2.40. The van der Waals surface area contributed by atoms with Crippen LogP contribution in [0.4, 0.5) is 5.69 Å². The van der Waals surface area contributed by atoms with Gasteiger partial charge in [-0.2, -0.15) is 0 Å². The Bertz CT molecular complexity index is 460. The molecule has 0 atom stereocenters. The summed E-state index contributed by atoms with van der Waals surface area (Å²) in [5.41, 5.74) is 10.4. The Hall–Kier alpha value is -1.83. The van der Waals surface area contributed by atoms with Crippen molar-refractivity contribution in [3.63, 3.8) is 0 Å². The first-order valence-corrected chi connectivity index (χ1v) is 5.55. The number of aromatic nitrogens is 1. The third-order valence-corrected chi connectivity index (χ3v) is 2.77. The standard InChI is InChI=1S/C14H16N2/c1-2-11-3-5-12(6-4-11)9-13-7-8-16-10-14(13)15/h3-8,10H,2,9,15H2,1H3. The topological polar surface area (TPSA) is 38.9 Å². The summed E-state index contributed by atoms with van der Waals surface area (Å²) >= 11 is 0. The molecule has 2 rings (SSSR count). The number of nitrogens with two attached hydrogens (primary N) is 1. The molecule has 0 saturated carbocycles. The number of benzene rings is 1. The van der Waals surface area contributed by atoms with Crippen molar-refractivity contribution < 1.29 is 0 Å². The second-order valence-corrected chi connectivity index (χ2v) is 3.92. The molecule has 0 spiro atoms. The summed E-state index contributed by atoms with van der Waals surface area (Å²) in [7, 11) is 0. The highest BCUT2D eigenvalue weighted by molar-refractivity contribution is 5.46. The Morgan fingerprint density at radius 1 is 1.06 bits per heavy atom. The summed E-state index contributed by atoms with van der Waals surface area (Å²) in [5.74, 6) is 0. The zero-order valence-electron chi connectivity index (χ0n) is 9.48. The highest BCUT2D eigenvalue weighted by Gasteiger charge is 2.00. The van der Waals surface area contributed by atoms with E-state index in [1.54, 1.807) is 12.4 Å².